The van der Waals surface area contributed by atoms with Gasteiger partial charge in [-0.1, -0.05) is 53.2 Å². The molecule has 27 heavy (non-hydrogen) atoms. The number of nitrogens with zero attached hydrogens (tertiary/aromatic N) is 2. The molecule has 1 aromatic carbocycles. The second-order valence-corrected chi connectivity index (χ2v) is 10.9. The largest absolute Gasteiger partial charge is 0.369 e. The summed E-state index contributed by atoms with van der Waals surface area (Å²) in [5.41, 5.74) is 5.42. The average molecular weight is 371 g/mol. The number of benzene rings is 1. The van der Waals surface area contributed by atoms with E-state index in [1.165, 1.54) is 76.1 Å². The zero-order valence-corrected chi connectivity index (χ0v) is 18.8. The Morgan fingerprint density at radius 1 is 0.963 bits per heavy atom. The standard InChI is InChI=1S/C25H42N2/c1-7-8-11-26-12-14-27(15-13-26)23-16-20(2)9-10-22(23)21-17-24(3,4)19-25(5,6)18-21/h9-10,16,21H,7-8,11-15,17-19H2,1-6H3. The highest BCUT2D eigenvalue weighted by molar-refractivity contribution is 5.57. The maximum absolute atomic E-state index is 2.68. The molecular formula is C25H42N2. The highest BCUT2D eigenvalue weighted by atomic mass is 15.3. The zero-order valence-electron chi connectivity index (χ0n) is 18.8. The molecule has 2 heteroatoms. The molecule has 0 atom stereocenters. The lowest BCUT2D eigenvalue weighted by atomic mass is 9.60. The Hall–Kier alpha value is -1.02. The third-order valence-electron chi connectivity index (χ3n) is 6.72. The van der Waals surface area contributed by atoms with Gasteiger partial charge < -0.3 is 4.90 Å². The molecule has 1 aromatic rings. The molecule has 2 aliphatic rings. The minimum atomic E-state index is 0.438. The van der Waals surface area contributed by atoms with Crippen molar-refractivity contribution in [3.63, 3.8) is 0 Å². The molecule has 1 heterocycles. The second kappa shape index (κ2) is 8.15. The van der Waals surface area contributed by atoms with Crippen molar-refractivity contribution in [3.8, 4) is 0 Å². The van der Waals surface area contributed by atoms with Crippen LogP contribution in [0.3, 0.4) is 0 Å². The first-order valence-corrected chi connectivity index (χ1v) is 11.3. The smallest absolute Gasteiger partial charge is 0.0405 e. The first-order chi connectivity index (χ1) is 12.7. The van der Waals surface area contributed by atoms with Crippen LogP contribution in [0.5, 0.6) is 0 Å². The van der Waals surface area contributed by atoms with Crippen LogP contribution in [0.15, 0.2) is 18.2 Å². The van der Waals surface area contributed by atoms with Gasteiger partial charge in [0.05, 0.1) is 0 Å². The molecule has 0 aromatic heterocycles. The summed E-state index contributed by atoms with van der Waals surface area (Å²) in [4.78, 5) is 5.34. The normalized spacial score (nSPS) is 23.6. The SMILES string of the molecule is CCCCN1CCN(c2cc(C)ccc2C2CC(C)(C)CC(C)(C)C2)CC1. The summed E-state index contributed by atoms with van der Waals surface area (Å²) < 4.78 is 0. The maximum Gasteiger partial charge on any atom is 0.0405 e. The van der Waals surface area contributed by atoms with E-state index in [-0.39, 0.29) is 0 Å². The predicted molar refractivity (Wildman–Crippen MR) is 119 cm³/mol. The van der Waals surface area contributed by atoms with Crippen LogP contribution in [0.2, 0.25) is 0 Å². The second-order valence-electron chi connectivity index (χ2n) is 10.9. The van der Waals surface area contributed by atoms with E-state index in [1.807, 2.05) is 0 Å². The number of hydrogen-bond donors (Lipinski definition) is 0. The van der Waals surface area contributed by atoms with E-state index in [9.17, 15) is 0 Å². The van der Waals surface area contributed by atoms with Gasteiger partial charge in [0.25, 0.3) is 0 Å². The Morgan fingerprint density at radius 3 is 2.19 bits per heavy atom. The van der Waals surface area contributed by atoms with Crippen molar-refractivity contribution in [2.75, 3.05) is 37.6 Å². The number of aryl methyl sites for hydroxylation is 1. The van der Waals surface area contributed by atoms with Crippen molar-refractivity contribution < 1.29 is 0 Å². The van der Waals surface area contributed by atoms with Gasteiger partial charge in [-0.05, 0) is 73.1 Å². The van der Waals surface area contributed by atoms with Crippen LogP contribution < -0.4 is 4.90 Å². The maximum atomic E-state index is 2.68. The molecule has 2 fully saturated rings. The Labute approximate surface area is 168 Å². The fourth-order valence-electron chi connectivity index (χ4n) is 5.93. The number of rotatable bonds is 5. The summed E-state index contributed by atoms with van der Waals surface area (Å²) in [5, 5.41) is 0. The summed E-state index contributed by atoms with van der Waals surface area (Å²) in [5.74, 6) is 0.692. The van der Waals surface area contributed by atoms with E-state index in [0.717, 1.165) is 0 Å². The molecule has 0 unspecified atom stereocenters. The summed E-state index contributed by atoms with van der Waals surface area (Å²) in [6.07, 6.45) is 6.62. The van der Waals surface area contributed by atoms with Crippen LogP contribution in [0.4, 0.5) is 5.69 Å². The van der Waals surface area contributed by atoms with Crippen molar-refractivity contribution in [1.82, 2.24) is 4.90 Å². The van der Waals surface area contributed by atoms with Gasteiger partial charge in [-0.2, -0.15) is 0 Å². The zero-order chi connectivity index (χ0) is 19.7. The van der Waals surface area contributed by atoms with E-state index in [2.05, 4.69) is 69.5 Å². The van der Waals surface area contributed by atoms with Crippen LogP contribution in [0.1, 0.15) is 83.8 Å². The Kier molecular flexibility index (Phi) is 6.25. The van der Waals surface area contributed by atoms with Crippen molar-refractivity contribution in [2.45, 2.75) is 79.6 Å². The fourth-order valence-corrected chi connectivity index (χ4v) is 5.93. The summed E-state index contributed by atoms with van der Waals surface area (Å²) in [7, 11) is 0. The monoisotopic (exact) mass is 370 g/mol. The van der Waals surface area contributed by atoms with Crippen LogP contribution in [-0.2, 0) is 0 Å². The van der Waals surface area contributed by atoms with Gasteiger partial charge in [0.15, 0.2) is 0 Å². The third-order valence-corrected chi connectivity index (χ3v) is 6.72. The van der Waals surface area contributed by atoms with Gasteiger partial charge in [-0.25, -0.2) is 0 Å². The Bertz CT molecular complexity index is 607. The molecule has 3 rings (SSSR count). The number of piperazine rings is 1. The van der Waals surface area contributed by atoms with Gasteiger partial charge in [0, 0.05) is 31.9 Å². The lowest BCUT2D eigenvalue weighted by Crippen LogP contribution is -2.47. The quantitative estimate of drug-likeness (QED) is 0.605. The number of unbranched alkanes of at least 4 members (excludes halogenated alkanes) is 1. The van der Waals surface area contributed by atoms with E-state index in [4.69, 9.17) is 0 Å². The van der Waals surface area contributed by atoms with Crippen LogP contribution in [0, 0.1) is 17.8 Å². The summed E-state index contributed by atoms with van der Waals surface area (Å²) in [6.45, 7) is 20.5. The molecule has 1 aliphatic heterocycles. The first-order valence-electron chi connectivity index (χ1n) is 11.3. The predicted octanol–water partition coefficient (Wildman–Crippen LogP) is 6.24. The molecule has 0 bridgehead atoms. The average Bonchev–Trinajstić information content (AvgIpc) is 2.57. The number of anilines is 1. The van der Waals surface area contributed by atoms with Gasteiger partial charge >= 0.3 is 0 Å². The highest BCUT2D eigenvalue weighted by Gasteiger charge is 2.39. The van der Waals surface area contributed by atoms with Crippen molar-refractivity contribution in [2.24, 2.45) is 10.8 Å². The topological polar surface area (TPSA) is 6.48 Å². The van der Waals surface area contributed by atoms with Crippen LogP contribution in [-0.4, -0.2) is 37.6 Å². The molecule has 152 valence electrons. The van der Waals surface area contributed by atoms with Crippen molar-refractivity contribution in [3.05, 3.63) is 29.3 Å². The van der Waals surface area contributed by atoms with E-state index >= 15 is 0 Å². The van der Waals surface area contributed by atoms with E-state index < -0.39 is 0 Å². The van der Waals surface area contributed by atoms with Crippen molar-refractivity contribution >= 4 is 5.69 Å². The molecular weight excluding hydrogens is 328 g/mol. The Morgan fingerprint density at radius 2 is 1.59 bits per heavy atom. The molecule has 0 N–H and O–H groups in total. The molecule has 1 saturated heterocycles. The number of hydrogen-bond acceptors (Lipinski definition) is 2. The van der Waals surface area contributed by atoms with Gasteiger partial charge in [0.1, 0.15) is 0 Å². The van der Waals surface area contributed by atoms with Gasteiger partial charge in [-0.15, -0.1) is 0 Å². The summed E-state index contributed by atoms with van der Waals surface area (Å²) >= 11 is 0. The highest BCUT2D eigenvalue weighted by Crippen LogP contribution is 2.53. The van der Waals surface area contributed by atoms with Gasteiger partial charge in [-0.3, -0.25) is 4.90 Å². The first kappa shape index (κ1) is 20.7. The molecule has 0 amide bonds. The van der Waals surface area contributed by atoms with Gasteiger partial charge in [0.2, 0.25) is 0 Å². The van der Waals surface area contributed by atoms with Crippen molar-refractivity contribution in [1.29, 1.82) is 0 Å². The van der Waals surface area contributed by atoms with Crippen LogP contribution >= 0.6 is 0 Å². The molecule has 1 saturated carbocycles. The third kappa shape index (κ3) is 5.28. The minimum absolute atomic E-state index is 0.438. The van der Waals surface area contributed by atoms with E-state index in [1.54, 1.807) is 5.56 Å². The van der Waals surface area contributed by atoms with E-state index in [0.29, 0.717) is 16.7 Å². The fraction of sp³-hybridized carbons (Fsp3) is 0.760. The Balaban J connectivity index is 1.80. The lowest BCUT2D eigenvalue weighted by molar-refractivity contribution is 0.0970. The minimum Gasteiger partial charge on any atom is -0.369 e. The molecule has 2 nitrogen and oxygen atoms in total. The lowest BCUT2D eigenvalue weighted by Gasteiger charge is -2.46. The molecule has 0 spiro atoms. The van der Waals surface area contributed by atoms with Crippen LogP contribution in [0.25, 0.3) is 0 Å². The molecule has 0 radical (unpaired) electrons. The summed E-state index contributed by atoms with van der Waals surface area (Å²) in [6, 6.07) is 7.26. The molecule has 1 aliphatic carbocycles.